The molecule has 4 rings (SSSR count). The van der Waals surface area contributed by atoms with Gasteiger partial charge in [0.05, 0.1) is 18.8 Å². The Kier molecular flexibility index (Phi) is 5.94. The average Bonchev–Trinajstić information content (AvgIpc) is 2.98. The van der Waals surface area contributed by atoms with Crippen molar-refractivity contribution in [2.45, 2.75) is 0 Å². The number of carbonyl (C=O) groups is 2. The molecule has 0 radical (unpaired) electrons. The van der Waals surface area contributed by atoms with Crippen molar-refractivity contribution in [3.63, 3.8) is 0 Å². The van der Waals surface area contributed by atoms with Crippen molar-refractivity contribution in [2.24, 2.45) is 0 Å². The zero-order valence-corrected chi connectivity index (χ0v) is 16.8. The summed E-state index contributed by atoms with van der Waals surface area (Å²) in [6.45, 7) is 6.97. The minimum atomic E-state index is -0.364. The van der Waals surface area contributed by atoms with Gasteiger partial charge in [0, 0.05) is 52.4 Å². The van der Waals surface area contributed by atoms with Crippen LogP contribution in [0.4, 0.5) is 4.39 Å². The number of hydrogen-bond acceptors (Lipinski definition) is 6. The molecule has 1 aromatic rings. The number of morpholine rings is 1. The summed E-state index contributed by atoms with van der Waals surface area (Å²) in [5, 5.41) is 0. The van der Waals surface area contributed by atoms with Gasteiger partial charge < -0.3 is 14.5 Å². The molecule has 2 saturated heterocycles. The monoisotopic (exact) mass is 402 g/mol. The summed E-state index contributed by atoms with van der Waals surface area (Å²) >= 11 is 0. The lowest BCUT2D eigenvalue weighted by molar-refractivity contribution is -0.138. The number of amides is 2. The molecule has 0 unspecified atom stereocenters. The van der Waals surface area contributed by atoms with Crippen LogP contribution >= 0.6 is 0 Å². The van der Waals surface area contributed by atoms with Gasteiger partial charge in [-0.3, -0.25) is 19.4 Å². The van der Waals surface area contributed by atoms with Crippen molar-refractivity contribution in [1.29, 1.82) is 0 Å². The Morgan fingerprint density at radius 1 is 0.897 bits per heavy atom. The van der Waals surface area contributed by atoms with Gasteiger partial charge in [-0.15, -0.1) is 0 Å². The van der Waals surface area contributed by atoms with E-state index in [9.17, 15) is 14.0 Å². The molecule has 7 nitrogen and oxygen atoms in total. The third kappa shape index (κ3) is 4.19. The molecule has 29 heavy (non-hydrogen) atoms. The topological polar surface area (TPSA) is 56.3 Å². The van der Waals surface area contributed by atoms with Crippen LogP contribution in [0.25, 0.3) is 5.57 Å². The smallest absolute Gasteiger partial charge is 0.277 e. The molecule has 0 atom stereocenters. The number of halogens is 1. The van der Waals surface area contributed by atoms with E-state index >= 15 is 0 Å². The third-order valence-corrected chi connectivity index (χ3v) is 5.84. The summed E-state index contributed by atoms with van der Waals surface area (Å²) in [6, 6.07) is 5.82. The van der Waals surface area contributed by atoms with Gasteiger partial charge in [0.15, 0.2) is 0 Å². The largest absolute Gasteiger partial charge is 0.379 e. The van der Waals surface area contributed by atoms with Gasteiger partial charge in [-0.2, -0.15) is 0 Å². The second-order valence-corrected chi connectivity index (χ2v) is 7.74. The number of imide groups is 1. The van der Waals surface area contributed by atoms with E-state index in [-0.39, 0.29) is 17.6 Å². The van der Waals surface area contributed by atoms with Crippen molar-refractivity contribution in [1.82, 2.24) is 19.6 Å². The quantitative estimate of drug-likeness (QED) is 0.668. The first-order valence-electron chi connectivity index (χ1n) is 10.1. The highest BCUT2D eigenvalue weighted by Crippen LogP contribution is 2.32. The van der Waals surface area contributed by atoms with Crippen molar-refractivity contribution in [3.8, 4) is 0 Å². The first kappa shape index (κ1) is 20.0. The van der Waals surface area contributed by atoms with Crippen molar-refractivity contribution in [2.75, 3.05) is 72.6 Å². The molecule has 2 fully saturated rings. The Morgan fingerprint density at radius 3 is 2.21 bits per heavy atom. The maximum Gasteiger partial charge on any atom is 0.277 e. The van der Waals surface area contributed by atoms with Gasteiger partial charge in [-0.1, -0.05) is 12.1 Å². The highest BCUT2D eigenvalue weighted by Gasteiger charge is 2.42. The van der Waals surface area contributed by atoms with E-state index in [2.05, 4.69) is 9.80 Å². The summed E-state index contributed by atoms with van der Waals surface area (Å²) < 4.78 is 18.8. The number of nitrogens with zero attached hydrogens (tertiary/aromatic N) is 4. The fraction of sp³-hybridized carbons (Fsp3) is 0.524. The molecule has 0 saturated carbocycles. The Bertz CT molecular complexity index is 797. The van der Waals surface area contributed by atoms with Gasteiger partial charge in [0.25, 0.3) is 11.8 Å². The predicted octanol–water partition coefficient (Wildman–Crippen LogP) is 0.485. The molecule has 3 aliphatic rings. The van der Waals surface area contributed by atoms with Crippen molar-refractivity contribution >= 4 is 17.4 Å². The van der Waals surface area contributed by atoms with E-state index in [4.69, 9.17) is 4.74 Å². The van der Waals surface area contributed by atoms with Crippen LogP contribution in [0.3, 0.4) is 0 Å². The molecule has 1 aromatic carbocycles. The van der Waals surface area contributed by atoms with Gasteiger partial charge >= 0.3 is 0 Å². The van der Waals surface area contributed by atoms with Gasteiger partial charge in [-0.25, -0.2) is 4.39 Å². The van der Waals surface area contributed by atoms with Crippen LogP contribution < -0.4 is 0 Å². The van der Waals surface area contributed by atoms with Crippen LogP contribution in [0.1, 0.15) is 5.56 Å². The summed E-state index contributed by atoms with van der Waals surface area (Å²) in [4.78, 5) is 34.3. The van der Waals surface area contributed by atoms with Gasteiger partial charge in [0.2, 0.25) is 0 Å². The number of piperazine rings is 1. The van der Waals surface area contributed by atoms with Crippen LogP contribution in [0.5, 0.6) is 0 Å². The minimum absolute atomic E-state index is 0.243. The maximum absolute atomic E-state index is 13.4. The zero-order valence-electron chi connectivity index (χ0n) is 16.8. The van der Waals surface area contributed by atoms with Crippen LogP contribution in [0.2, 0.25) is 0 Å². The molecule has 0 spiro atoms. The van der Waals surface area contributed by atoms with Crippen LogP contribution in [0.15, 0.2) is 30.0 Å². The second kappa shape index (κ2) is 8.61. The number of ether oxygens (including phenoxy) is 1. The molecule has 2 amide bonds. The SMILES string of the molecule is CN1CCN(C2=C(c3ccc(F)cc3)C(=O)N(CCN3CCOCC3)C2=O)CC1. The highest BCUT2D eigenvalue weighted by molar-refractivity contribution is 6.35. The van der Waals surface area contributed by atoms with Gasteiger partial charge in [-0.05, 0) is 24.7 Å². The number of hydrogen-bond donors (Lipinski definition) is 0. The Balaban J connectivity index is 1.59. The van der Waals surface area contributed by atoms with E-state index in [1.54, 1.807) is 12.1 Å². The molecule has 156 valence electrons. The van der Waals surface area contributed by atoms with Crippen LogP contribution in [-0.2, 0) is 14.3 Å². The Hall–Kier alpha value is -2.29. The summed E-state index contributed by atoms with van der Waals surface area (Å²) in [5.74, 6) is -0.896. The third-order valence-electron chi connectivity index (χ3n) is 5.84. The molecular weight excluding hydrogens is 375 g/mol. The normalized spacial score (nSPS) is 22.1. The van der Waals surface area contributed by atoms with E-state index in [1.165, 1.54) is 17.0 Å². The molecule has 3 aliphatic heterocycles. The molecule has 8 heteroatoms. The molecule has 0 bridgehead atoms. The minimum Gasteiger partial charge on any atom is -0.379 e. The number of benzene rings is 1. The summed E-state index contributed by atoms with van der Waals surface area (Å²) in [5.41, 5.74) is 1.44. The lowest BCUT2D eigenvalue weighted by atomic mass is 10.0. The zero-order chi connectivity index (χ0) is 20.4. The maximum atomic E-state index is 13.4. The fourth-order valence-electron chi connectivity index (χ4n) is 4.03. The lowest BCUT2D eigenvalue weighted by Gasteiger charge is -2.34. The average molecular weight is 402 g/mol. The molecule has 0 N–H and O–H groups in total. The first-order chi connectivity index (χ1) is 14.0. The number of likely N-dealkylation sites (N-methyl/N-ethyl adjacent to an activating group) is 1. The molecule has 3 heterocycles. The van der Waals surface area contributed by atoms with E-state index < -0.39 is 0 Å². The molecule has 0 aliphatic carbocycles. The van der Waals surface area contributed by atoms with E-state index in [0.29, 0.717) is 56.2 Å². The summed E-state index contributed by atoms with van der Waals surface area (Å²) in [7, 11) is 2.04. The van der Waals surface area contributed by atoms with E-state index in [0.717, 1.165) is 26.2 Å². The highest BCUT2D eigenvalue weighted by atomic mass is 19.1. The Morgan fingerprint density at radius 2 is 1.55 bits per heavy atom. The lowest BCUT2D eigenvalue weighted by Crippen LogP contribution is -2.47. The first-order valence-corrected chi connectivity index (χ1v) is 10.1. The number of rotatable bonds is 5. The Labute approximate surface area is 170 Å². The summed E-state index contributed by atoms with van der Waals surface area (Å²) in [6.07, 6.45) is 0. The van der Waals surface area contributed by atoms with Crippen LogP contribution in [0, 0.1) is 5.82 Å². The molecular formula is C21H27FN4O3. The van der Waals surface area contributed by atoms with E-state index in [1.807, 2.05) is 11.9 Å². The second-order valence-electron chi connectivity index (χ2n) is 7.74. The predicted molar refractivity (Wildman–Crippen MR) is 106 cm³/mol. The molecule has 0 aromatic heterocycles. The fourth-order valence-corrected chi connectivity index (χ4v) is 4.03. The van der Waals surface area contributed by atoms with Crippen molar-refractivity contribution in [3.05, 3.63) is 41.3 Å². The number of carbonyl (C=O) groups excluding carboxylic acids is 2. The van der Waals surface area contributed by atoms with Crippen molar-refractivity contribution < 1.29 is 18.7 Å². The standard InChI is InChI=1S/C21H27FN4O3/c1-23-6-9-25(10-7-23)19-18(16-2-4-17(22)5-3-16)20(27)26(21(19)28)11-8-24-12-14-29-15-13-24/h2-5H,6-15H2,1H3. The van der Waals surface area contributed by atoms with Gasteiger partial charge in [0.1, 0.15) is 11.5 Å². The van der Waals surface area contributed by atoms with Crippen LogP contribution in [-0.4, -0.2) is 104 Å².